The average Bonchev–Trinajstić information content (AvgIpc) is 2.65. The van der Waals surface area contributed by atoms with Gasteiger partial charge in [-0.2, -0.15) is 0 Å². The zero-order valence-electron chi connectivity index (χ0n) is 14.1. The maximum atomic E-state index is 6.97. The van der Waals surface area contributed by atoms with Crippen molar-refractivity contribution in [2.45, 2.75) is 103 Å². The van der Waals surface area contributed by atoms with Gasteiger partial charge >= 0.3 is 0 Å². The van der Waals surface area contributed by atoms with Gasteiger partial charge in [0.15, 0.2) is 0 Å². The topological polar surface area (TPSA) is 9.23 Å². The zero-order chi connectivity index (χ0) is 14.4. The van der Waals surface area contributed by atoms with Crippen molar-refractivity contribution in [3.05, 3.63) is 0 Å². The summed E-state index contributed by atoms with van der Waals surface area (Å²) in [6.07, 6.45) is 13.9. The monoisotopic (exact) mass is 278 g/mol. The van der Waals surface area contributed by atoms with Gasteiger partial charge in [0.1, 0.15) is 0 Å². The van der Waals surface area contributed by atoms with E-state index in [4.69, 9.17) is 4.74 Å². The van der Waals surface area contributed by atoms with E-state index in [2.05, 4.69) is 27.7 Å². The van der Waals surface area contributed by atoms with Crippen molar-refractivity contribution in [3.8, 4) is 0 Å². The average molecular weight is 278 g/mol. The fourth-order valence-electron chi connectivity index (χ4n) is 6.06. The zero-order valence-corrected chi connectivity index (χ0v) is 14.1. The van der Waals surface area contributed by atoms with Gasteiger partial charge in [-0.25, -0.2) is 0 Å². The van der Waals surface area contributed by atoms with Crippen molar-refractivity contribution in [3.63, 3.8) is 0 Å². The van der Waals surface area contributed by atoms with Crippen molar-refractivity contribution in [2.24, 2.45) is 17.3 Å². The SMILES string of the molecule is CCCCC1CCC[C@@]2(CC)CCC3C[C@]12OC3(C)C. The second kappa shape index (κ2) is 5.00. The van der Waals surface area contributed by atoms with Crippen LogP contribution in [0.15, 0.2) is 0 Å². The van der Waals surface area contributed by atoms with Crippen LogP contribution in [0.5, 0.6) is 0 Å². The Morgan fingerprint density at radius 3 is 2.60 bits per heavy atom. The first-order valence-electron chi connectivity index (χ1n) is 9.20. The Kier molecular flexibility index (Phi) is 3.72. The lowest BCUT2D eigenvalue weighted by atomic mass is 9.50. The molecule has 3 aliphatic rings. The molecule has 1 nitrogen and oxygen atoms in total. The first kappa shape index (κ1) is 14.9. The second-order valence-electron chi connectivity index (χ2n) is 8.40. The quantitative estimate of drug-likeness (QED) is 0.639. The van der Waals surface area contributed by atoms with Gasteiger partial charge in [-0.1, -0.05) is 33.1 Å². The van der Waals surface area contributed by atoms with Gasteiger partial charge in [0.25, 0.3) is 0 Å². The van der Waals surface area contributed by atoms with Crippen molar-refractivity contribution >= 4 is 0 Å². The Balaban J connectivity index is 1.96. The summed E-state index contributed by atoms with van der Waals surface area (Å²) in [4.78, 5) is 0. The molecule has 2 saturated carbocycles. The highest BCUT2D eigenvalue weighted by Crippen LogP contribution is 2.67. The van der Waals surface area contributed by atoms with Gasteiger partial charge < -0.3 is 4.74 Å². The second-order valence-corrected chi connectivity index (χ2v) is 8.40. The summed E-state index contributed by atoms with van der Waals surface area (Å²) in [5.41, 5.74) is 0.869. The summed E-state index contributed by atoms with van der Waals surface area (Å²) in [6, 6.07) is 0. The number of rotatable bonds is 4. The fraction of sp³-hybridized carbons (Fsp3) is 1.00. The number of fused-ring (bicyclic) bond motifs is 1. The van der Waals surface area contributed by atoms with Crippen LogP contribution in [0, 0.1) is 17.3 Å². The molecule has 20 heavy (non-hydrogen) atoms. The maximum absolute atomic E-state index is 6.97. The maximum Gasteiger partial charge on any atom is 0.0777 e. The van der Waals surface area contributed by atoms with E-state index in [1.807, 2.05) is 0 Å². The van der Waals surface area contributed by atoms with Gasteiger partial charge in [0, 0.05) is 0 Å². The highest BCUT2D eigenvalue weighted by atomic mass is 16.5. The molecule has 0 aromatic heterocycles. The molecule has 1 heterocycles. The van der Waals surface area contributed by atoms with Gasteiger partial charge in [0.05, 0.1) is 11.2 Å². The van der Waals surface area contributed by atoms with E-state index in [0.29, 0.717) is 5.41 Å². The molecule has 1 spiro atoms. The summed E-state index contributed by atoms with van der Waals surface area (Å²) >= 11 is 0. The van der Waals surface area contributed by atoms with Crippen molar-refractivity contribution in [2.75, 3.05) is 0 Å². The Hall–Kier alpha value is -0.0400. The molecule has 4 atom stereocenters. The molecule has 3 fully saturated rings. The van der Waals surface area contributed by atoms with E-state index in [1.165, 1.54) is 64.2 Å². The first-order valence-corrected chi connectivity index (χ1v) is 9.20. The third-order valence-electron chi connectivity index (χ3n) is 7.30. The van der Waals surface area contributed by atoms with Crippen LogP contribution in [0.25, 0.3) is 0 Å². The molecular weight excluding hydrogens is 244 g/mol. The third kappa shape index (κ3) is 1.91. The van der Waals surface area contributed by atoms with Crippen LogP contribution < -0.4 is 0 Å². The fourth-order valence-corrected chi connectivity index (χ4v) is 6.06. The lowest BCUT2D eigenvalue weighted by Crippen LogP contribution is -2.57. The molecule has 3 rings (SSSR count). The third-order valence-corrected chi connectivity index (χ3v) is 7.30. The van der Waals surface area contributed by atoms with Crippen LogP contribution in [-0.2, 0) is 4.74 Å². The van der Waals surface area contributed by atoms with Gasteiger partial charge in [-0.05, 0) is 76.0 Å². The minimum Gasteiger partial charge on any atom is -0.368 e. The molecule has 116 valence electrons. The molecule has 0 amide bonds. The van der Waals surface area contributed by atoms with Crippen molar-refractivity contribution < 1.29 is 4.74 Å². The van der Waals surface area contributed by atoms with E-state index in [-0.39, 0.29) is 11.2 Å². The van der Waals surface area contributed by atoms with Crippen LogP contribution in [-0.4, -0.2) is 11.2 Å². The van der Waals surface area contributed by atoms with E-state index in [9.17, 15) is 0 Å². The molecule has 0 aromatic carbocycles. The minimum atomic E-state index is 0.124. The molecule has 2 bridgehead atoms. The molecule has 0 aromatic rings. The van der Waals surface area contributed by atoms with Gasteiger partial charge in [-0.15, -0.1) is 0 Å². The Bertz CT molecular complexity index is 361. The van der Waals surface area contributed by atoms with E-state index >= 15 is 0 Å². The predicted molar refractivity (Wildman–Crippen MR) is 84.8 cm³/mol. The van der Waals surface area contributed by atoms with Crippen molar-refractivity contribution in [1.82, 2.24) is 0 Å². The van der Waals surface area contributed by atoms with E-state index in [1.54, 1.807) is 0 Å². The minimum absolute atomic E-state index is 0.124. The predicted octanol–water partition coefficient (Wildman–Crippen LogP) is 5.72. The standard InChI is InChI=1S/C19H34O/c1-5-7-9-15-10-8-12-18(6-2)13-11-16-14-19(15,18)20-17(16,3)4/h15-16H,5-14H2,1-4H3/t15?,16?,18-,19-/m0/s1. The molecule has 2 aliphatic carbocycles. The molecular formula is C19H34O. The molecule has 1 aliphatic heterocycles. The number of unbranched alkanes of at least 4 members (excludes halogenated alkanes) is 1. The Morgan fingerprint density at radius 2 is 1.90 bits per heavy atom. The van der Waals surface area contributed by atoms with Crippen LogP contribution >= 0.6 is 0 Å². The summed E-state index contributed by atoms with van der Waals surface area (Å²) in [7, 11) is 0. The molecule has 1 heteroatoms. The van der Waals surface area contributed by atoms with Crippen molar-refractivity contribution in [1.29, 1.82) is 0 Å². The summed E-state index contributed by atoms with van der Waals surface area (Å²) in [6.45, 7) is 9.49. The first-order chi connectivity index (χ1) is 9.50. The number of ether oxygens (including phenoxy) is 1. The summed E-state index contributed by atoms with van der Waals surface area (Å²) in [5, 5.41) is 0. The highest BCUT2D eigenvalue weighted by molar-refractivity contribution is 5.16. The largest absolute Gasteiger partial charge is 0.368 e. The van der Waals surface area contributed by atoms with Crippen LogP contribution in [0.4, 0.5) is 0 Å². The smallest absolute Gasteiger partial charge is 0.0777 e. The molecule has 1 saturated heterocycles. The number of hydrogen-bond acceptors (Lipinski definition) is 1. The summed E-state index contributed by atoms with van der Waals surface area (Å²) in [5.74, 6) is 1.64. The van der Waals surface area contributed by atoms with E-state index in [0.717, 1.165) is 11.8 Å². The molecule has 0 N–H and O–H groups in total. The summed E-state index contributed by atoms with van der Waals surface area (Å²) < 4.78 is 6.97. The lowest BCUT2D eigenvalue weighted by Gasteiger charge is -2.57. The van der Waals surface area contributed by atoms with Gasteiger partial charge in [0.2, 0.25) is 0 Å². The van der Waals surface area contributed by atoms with Crippen LogP contribution in [0.2, 0.25) is 0 Å². The van der Waals surface area contributed by atoms with Gasteiger partial charge in [-0.3, -0.25) is 0 Å². The van der Waals surface area contributed by atoms with Crippen LogP contribution in [0.3, 0.4) is 0 Å². The Morgan fingerprint density at radius 1 is 1.10 bits per heavy atom. The van der Waals surface area contributed by atoms with Crippen LogP contribution in [0.1, 0.15) is 91.9 Å². The van der Waals surface area contributed by atoms with E-state index < -0.39 is 0 Å². The Labute approximate surface area is 125 Å². The molecule has 0 radical (unpaired) electrons. The normalized spacial score (nSPS) is 46.2. The lowest BCUT2D eigenvalue weighted by molar-refractivity contribution is -0.205. The highest BCUT2D eigenvalue weighted by Gasteiger charge is 2.66. The molecule has 2 unspecified atom stereocenters. The number of hydrogen-bond donors (Lipinski definition) is 0.